The van der Waals surface area contributed by atoms with Crippen LogP contribution in [0.1, 0.15) is 10.4 Å². The SMILES string of the molecule is Cc1cc(OCC(O)CNCc2sccc2Br)ccc1Cl. The summed E-state index contributed by atoms with van der Waals surface area (Å²) in [5.74, 6) is 0.719. The molecule has 114 valence electrons. The lowest BCUT2D eigenvalue weighted by atomic mass is 10.2. The Morgan fingerprint density at radius 1 is 1.43 bits per heavy atom. The summed E-state index contributed by atoms with van der Waals surface area (Å²) in [5.41, 5.74) is 0.962. The molecule has 0 saturated carbocycles. The van der Waals surface area contributed by atoms with E-state index in [1.807, 2.05) is 24.4 Å². The summed E-state index contributed by atoms with van der Waals surface area (Å²) in [6.07, 6.45) is -0.556. The van der Waals surface area contributed by atoms with Gasteiger partial charge in [-0.25, -0.2) is 0 Å². The molecule has 1 atom stereocenters. The number of rotatable bonds is 7. The molecule has 2 aromatic rings. The summed E-state index contributed by atoms with van der Waals surface area (Å²) in [5, 5.41) is 15.9. The highest BCUT2D eigenvalue weighted by Gasteiger charge is 2.07. The van der Waals surface area contributed by atoms with Gasteiger partial charge in [-0.15, -0.1) is 11.3 Å². The maximum Gasteiger partial charge on any atom is 0.119 e. The molecule has 3 nitrogen and oxygen atoms in total. The molecule has 0 aliphatic heterocycles. The van der Waals surface area contributed by atoms with Crippen molar-refractivity contribution in [3.63, 3.8) is 0 Å². The Hall–Kier alpha value is -0.590. The van der Waals surface area contributed by atoms with Gasteiger partial charge < -0.3 is 15.2 Å². The number of hydrogen-bond acceptors (Lipinski definition) is 4. The molecule has 21 heavy (non-hydrogen) atoms. The molecular weight excluding hydrogens is 374 g/mol. The van der Waals surface area contributed by atoms with Crippen LogP contribution in [0.3, 0.4) is 0 Å². The maximum absolute atomic E-state index is 9.91. The summed E-state index contributed by atoms with van der Waals surface area (Å²) >= 11 is 11.1. The number of aliphatic hydroxyl groups is 1. The second kappa shape index (κ2) is 8.15. The minimum absolute atomic E-state index is 0.250. The van der Waals surface area contributed by atoms with E-state index in [1.165, 1.54) is 4.88 Å². The van der Waals surface area contributed by atoms with Gasteiger partial charge in [0.2, 0.25) is 0 Å². The number of halogens is 2. The Morgan fingerprint density at radius 3 is 2.90 bits per heavy atom. The van der Waals surface area contributed by atoms with Crippen molar-refractivity contribution >= 4 is 38.9 Å². The highest BCUT2D eigenvalue weighted by atomic mass is 79.9. The summed E-state index contributed by atoms with van der Waals surface area (Å²) in [6, 6.07) is 7.48. The molecule has 1 aromatic carbocycles. The van der Waals surface area contributed by atoms with Crippen LogP contribution in [0.5, 0.6) is 5.75 Å². The summed E-state index contributed by atoms with van der Waals surface area (Å²) < 4.78 is 6.66. The third kappa shape index (κ3) is 5.27. The Labute approximate surface area is 142 Å². The van der Waals surface area contributed by atoms with Gasteiger partial charge in [0.25, 0.3) is 0 Å². The number of aryl methyl sites for hydroxylation is 1. The van der Waals surface area contributed by atoms with Crippen LogP contribution in [0.15, 0.2) is 34.1 Å². The van der Waals surface area contributed by atoms with Gasteiger partial charge in [0.05, 0.1) is 0 Å². The Kier molecular flexibility index (Phi) is 6.51. The number of aliphatic hydroxyl groups excluding tert-OH is 1. The van der Waals surface area contributed by atoms with Crippen LogP contribution in [-0.2, 0) is 6.54 Å². The molecule has 0 fully saturated rings. The topological polar surface area (TPSA) is 41.5 Å². The number of thiophene rings is 1. The average molecular weight is 391 g/mol. The van der Waals surface area contributed by atoms with Crippen molar-refractivity contribution in [2.75, 3.05) is 13.2 Å². The molecule has 2 rings (SSSR count). The first-order valence-corrected chi connectivity index (χ1v) is 8.61. The second-order valence-corrected chi connectivity index (χ2v) is 6.96. The molecule has 1 unspecified atom stereocenters. The molecule has 0 bridgehead atoms. The number of hydrogen-bond donors (Lipinski definition) is 2. The summed E-state index contributed by atoms with van der Waals surface area (Å²) in [7, 11) is 0. The van der Waals surface area contributed by atoms with Crippen LogP contribution < -0.4 is 10.1 Å². The first kappa shape index (κ1) is 16.8. The van der Waals surface area contributed by atoms with E-state index in [0.717, 1.165) is 22.3 Å². The lowest BCUT2D eigenvalue weighted by Crippen LogP contribution is -2.31. The van der Waals surface area contributed by atoms with Gasteiger partial charge in [-0.1, -0.05) is 11.6 Å². The molecule has 1 heterocycles. The molecule has 2 N–H and O–H groups in total. The van der Waals surface area contributed by atoms with E-state index in [1.54, 1.807) is 23.5 Å². The standard InChI is InChI=1S/C15H17BrClNO2S/c1-10-6-12(2-3-14(10)17)20-9-11(19)7-18-8-15-13(16)4-5-21-15/h2-6,11,18-19H,7-9H2,1H3. The van der Waals surface area contributed by atoms with E-state index >= 15 is 0 Å². The van der Waals surface area contributed by atoms with Crippen molar-refractivity contribution in [2.24, 2.45) is 0 Å². The number of benzene rings is 1. The summed E-state index contributed by atoms with van der Waals surface area (Å²) in [6.45, 7) is 3.39. The van der Waals surface area contributed by atoms with Crippen molar-refractivity contribution in [2.45, 2.75) is 19.6 Å². The first-order valence-electron chi connectivity index (χ1n) is 6.56. The van der Waals surface area contributed by atoms with Gasteiger partial charge in [-0.05, 0) is 58.1 Å². The molecule has 0 aliphatic rings. The van der Waals surface area contributed by atoms with Crippen LogP contribution in [0, 0.1) is 6.92 Å². The Morgan fingerprint density at radius 2 is 2.24 bits per heavy atom. The summed E-state index contributed by atoms with van der Waals surface area (Å²) in [4.78, 5) is 1.22. The van der Waals surface area contributed by atoms with Gasteiger partial charge in [0, 0.05) is 27.5 Å². The minimum Gasteiger partial charge on any atom is -0.491 e. The third-order valence-corrected chi connectivity index (χ3v) is 5.28. The van der Waals surface area contributed by atoms with E-state index in [-0.39, 0.29) is 6.61 Å². The van der Waals surface area contributed by atoms with Gasteiger partial charge in [0.15, 0.2) is 0 Å². The van der Waals surface area contributed by atoms with Crippen LogP contribution in [0.2, 0.25) is 5.02 Å². The van der Waals surface area contributed by atoms with Crippen LogP contribution in [0.25, 0.3) is 0 Å². The smallest absolute Gasteiger partial charge is 0.119 e. The zero-order chi connectivity index (χ0) is 15.2. The van der Waals surface area contributed by atoms with E-state index in [0.29, 0.717) is 11.6 Å². The molecular formula is C15H17BrClNO2S. The van der Waals surface area contributed by atoms with E-state index in [9.17, 15) is 5.11 Å². The number of ether oxygens (including phenoxy) is 1. The monoisotopic (exact) mass is 389 g/mol. The van der Waals surface area contributed by atoms with E-state index in [2.05, 4.69) is 21.2 Å². The van der Waals surface area contributed by atoms with Gasteiger partial charge in [0.1, 0.15) is 18.5 Å². The molecule has 0 amide bonds. The third-order valence-electron chi connectivity index (χ3n) is 2.93. The minimum atomic E-state index is -0.556. The molecule has 0 spiro atoms. The maximum atomic E-state index is 9.91. The highest BCUT2D eigenvalue weighted by Crippen LogP contribution is 2.22. The Balaban J connectivity index is 1.71. The Bertz CT molecular complexity index is 591. The second-order valence-electron chi connectivity index (χ2n) is 4.70. The van der Waals surface area contributed by atoms with Crippen LogP contribution in [0.4, 0.5) is 0 Å². The lowest BCUT2D eigenvalue weighted by molar-refractivity contribution is 0.106. The molecule has 0 radical (unpaired) electrons. The molecule has 6 heteroatoms. The van der Waals surface area contributed by atoms with Crippen LogP contribution in [-0.4, -0.2) is 24.4 Å². The zero-order valence-corrected chi connectivity index (χ0v) is 14.8. The zero-order valence-electron chi connectivity index (χ0n) is 11.6. The molecule has 1 aromatic heterocycles. The van der Waals surface area contributed by atoms with Crippen molar-refractivity contribution < 1.29 is 9.84 Å². The lowest BCUT2D eigenvalue weighted by Gasteiger charge is -2.13. The van der Waals surface area contributed by atoms with Crippen molar-refractivity contribution in [1.82, 2.24) is 5.32 Å². The molecule has 0 aliphatic carbocycles. The fourth-order valence-corrected chi connectivity index (χ4v) is 3.34. The van der Waals surface area contributed by atoms with Crippen molar-refractivity contribution in [3.05, 3.63) is 49.6 Å². The predicted octanol–water partition coefficient (Wildman–Crippen LogP) is 4.00. The molecule has 0 saturated heterocycles. The van der Waals surface area contributed by atoms with Crippen LogP contribution >= 0.6 is 38.9 Å². The quantitative estimate of drug-likeness (QED) is 0.751. The predicted molar refractivity (Wildman–Crippen MR) is 91.4 cm³/mol. The van der Waals surface area contributed by atoms with Crippen molar-refractivity contribution in [3.8, 4) is 5.75 Å². The highest BCUT2D eigenvalue weighted by molar-refractivity contribution is 9.10. The number of nitrogens with one attached hydrogen (secondary N) is 1. The average Bonchev–Trinajstić information content (AvgIpc) is 2.86. The van der Waals surface area contributed by atoms with Gasteiger partial charge in [-0.2, -0.15) is 0 Å². The largest absolute Gasteiger partial charge is 0.491 e. The van der Waals surface area contributed by atoms with Gasteiger partial charge in [-0.3, -0.25) is 0 Å². The normalized spacial score (nSPS) is 12.4. The van der Waals surface area contributed by atoms with Crippen molar-refractivity contribution in [1.29, 1.82) is 0 Å². The fraction of sp³-hybridized carbons (Fsp3) is 0.333. The van der Waals surface area contributed by atoms with Gasteiger partial charge >= 0.3 is 0 Å². The fourth-order valence-electron chi connectivity index (χ4n) is 1.76. The van der Waals surface area contributed by atoms with E-state index < -0.39 is 6.10 Å². The van der Waals surface area contributed by atoms with E-state index in [4.69, 9.17) is 16.3 Å². The first-order chi connectivity index (χ1) is 10.1.